The van der Waals surface area contributed by atoms with Gasteiger partial charge in [-0.1, -0.05) is 6.07 Å². The third-order valence-electron chi connectivity index (χ3n) is 4.51. The summed E-state index contributed by atoms with van der Waals surface area (Å²) in [5.74, 6) is -0.234. The Hall–Kier alpha value is -1.63. The first kappa shape index (κ1) is 25.4. The van der Waals surface area contributed by atoms with E-state index in [1.807, 2.05) is 18.2 Å². The number of likely N-dealkylation sites (N-methyl/N-ethyl adjacent to an activating group) is 1. The molecule has 2 heterocycles. The van der Waals surface area contributed by atoms with Gasteiger partial charge in [-0.25, -0.2) is 0 Å². The van der Waals surface area contributed by atoms with Crippen LogP contribution in [0.5, 0.6) is 0 Å². The van der Waals surface area contributed by atoms with Crippen molar-refractivity contribution in [3.05, 3.63) is 30.1 Å². The van der Waals surface area contributed by atoms with Crippen molar-refractivity contribution in [3.63, 3.8) is 0 Å². The van der Waals surface area contributed by atoms with Gasteiger partial charge in [0.2, 0.25) is 5.91 Å². The summed E-state index contributed by atoms with van der Waals surface area (Å²) in [5.41, 5.74) is 1.04. The number of aromatic nitrogens is 1. The number of guanidine groups is 1. The molecular weight excluding hydrogens is 500 g/mol. The largest absolute Gasteiger partial charge is 0.406 e. The minimum absolute atomic E-state index is 0. The molecule has 1 saturated heterocycles. The molecule has 0 unspecified atom stereocenters. The van der Waals surface area contributed by atoms with E-state index in [1.165, 1.54) is 0 Å². The van der Waals surface area contributed by atoms with Gasteiger partial charge in [0.25, 0.3) is 0 Å². The molecule has 1 aromatic rings. The lowest BCUT2D eigenvalue weighted by Crippen LogP contribution is -2.50. The van der Waals surface area contributed by atoms with Gasteiger partial charge in [0.05, 0.1) is 12.2 Å². The number of nitrogens with one attached hydrogen (secondary N) is 2. The van der Waals surface area contributed by atoms with Gasteiger partial charge < -0.3 is 15.5 Å². The van der Waals surface area contributed by atoms with Crippen molar-refractivity contribution in [1.29, 1.82) is 0 Å². The third-order valence-corrected chi connectivity index (χ3v) is 4.51. The Morgan fingerprint density at radius 3 is 2.59 bits per heavy atom. The van der Waals surface area contributed by atoms with Crippen molar-refractivity contribution in [2.45, 2.75) is 31.6 Å². The van der Waals surface area contributed by atoms with Crippen LogP contribution in [-0.2, 0) is 11.3 Å². The van der Waals surface area contributed by atoms with Crippen molar-refractivity contribution >= 4 is 35.8 Å². The van der Waals surface area contributed by atoms with E-state index in [0.29, 0.717) is 10.9 Å². The van der Waals surface area contributed by atoms with E-state index in [4.69, 9.17) is 0 Å². The average molecular weight is 528 g/mol. The minimum atomic E-state index is -4.41. The maximum atomic E-state index is 12.4. The second-order valence-corrected chi connectivity index (χ2v) is 6.81. The first-order valence-electron chi connectivity index (χ1n) is 9.17. The summed E-state index contributed by atoms with van der Waals surface area (Å²) in [6.07, 6.45) is -0.828. The van der Waals surface area contributed by atoms with Gasteiger partial charge in [-0.2, -0.15) is 13.2 Å². The molecule has 0 bridgehead atoms. The summed E-state index contributed by atoms with van der Waals surface area (Å²) >= 11 is 0. The van der Waals surface area contributed by atoms with Gasteiger partial charge in [-0.05, 0) is 25.0 Å². The molecule has 2 N–H and O–H groups in total. The van der Waals surface area contributed by atoms with Crippen LogP contribution in [0.3, 0.4) is 0 Å². The fourth-order valence-electron chi connectivity index (χ4n) is 3.00. The first-order chi connectivity index (χ1) is 13.3. The zero-order valence-electron chi connectivity index (χ0n) is 16.6. The number of nitrogens with zero attached hydrogens (tertiary/aromatic N) is 4. The second-order valence-electron chi connectivity index (χ2n) is 6.81. The van der Waals surface area contributed by atoms with Gasteiger partial charge in [0.15, 0.2) is 5.96 Å². The molecule has 11 heteroatoms. The monoisotopic (exact) mass is 528 g/mol. The van der Waals surface area contributed by atoms with Gasteiger partial charge >= 0.3 is 6.18 Å². The number of carbonyl (C=O) groups excluding carboxylic acids is 1. The number of likely N-dealkylation sites (tertiary alicyclic amines) is 1. The number of hydrogen-bond acceptors (Lipinski definition) is 4. The van der Waals surface area contributed by atoms with E-state index >= 15 is 0 Å². The van der Waals surface area contributed by atoms with E-state index in [1.54, 1.807) is 13.2 Å². The standard InChI is InChI=1S/C18H27F3N6O.HI/c1-22-17(24-11-16(28)26(2)13-18(19,20)21)25-14-6-9-27(10-7-14)12-15-5-3-4-8-23-15;/h3-5,8,14H,6-7,9-13H2,1-2H3,(H2,22,24,25);1H. The zero-order valence-corrected chi connectivity index (χ0v) is 18.9. The highest BCUT2D eigenvalue weighted by Crippen LogP contribution is 2.15. The predicted molar refractivity (Wildman–Crippen MR) is 116 cm³/mol. The quantitative estimate of drug-likeness (QED) is 0.335. The van der Waals surface area contributed by atoms with Crippen LogP contribution < -0.4 is 10.6 Å². The predicted octanol–water partition coefficient (Wildman–Crippen LogP) is 1.85. The average Bonchev–Trinajstić information content (AvgIpc) is 2.65. The Kier molecular flexibility index (Phi) is 10.6. The number of amides is 1. The summed E-state index contributed by atoms with van der Waals surface area (Å²) in [6, 6.07) is 6.06. The highest BCUT2D eigenvalue weighted by Gasteiger charge is 2.31. The van der Waals surface area contributed by atoms with Gasteiger partial charge in [-0.15, -0.1) is 24.0 Å². The van der Waals surface area contributed by atoms with Crippen molar-refractivity contribution in [1.82, 2.24) is 25.4 Å². The lowest BCUT2D eigenvalue weighted by molar-refractivity contribution is -0.157. The summed E-state index contributed by atoms with van der Waals surface area (Å²) in [5, 5.41) is 6.03. The molecule has 1 fully saturated rings. The number of hydrogen-bond donors (Lipinski definition) is 2. The zero-order chi connectivity index (χ0) is 20.6. The lowest BCUT2D eigenvalue weighted by Gasteiger charge is -2.32. The van der Waals surface area contributed by atoms with Gasteiger partial charge in [0, 0.05) is 46.0 Å². The van der Waals surface area contributed by atoms with Gasteiger partial charge in [0.1, 0.15) is 6.54 Å². The van der Waals surface area contributed by atoms with E-state index in [0.717, 1.165) is 45.2 Å². The molecule has 7 nitrogen and oxygen atoms in total. The maximum Gasteiger partial charge on any atom is 0.406 e. The molecule has 0 radical (unpaired) electrons. The maximum absolute atomic E-state index is 12.4. The molecule has 0 atom stereocenters. The Morgan fingerprint density at radius 2 is 2.03 bits per heavy atom. The van der Waals surface area contributed by atoms with E-state index in [-0.39, 0.29) is 36.6 Å². The van der Waals surface area contributed by atoms with Crippen LogP contribution in [0.25, 0.3) is 0 Å². The fraction of sp³-hybridized carbons (Fsp3) is 0.611. The summed E-state index contributed by atoms with van der Waals surface area (Å²) in [6.45, 7) is 1.09. The molecule has 1 amide bonds. The minimum Gasteiger partial charge on any atom is -0.354 e. The number of aliphatic imine (C=N–C) groups is 1. The molecule has 0 saturated carbocycles. The molecular formula is C18H28F3IN6O. The number of carbonyl (C=O) groups is 1. The first-order valence-corrected chi connectivity index (χ1v) is 9.17. The van der Waals surface area contributed by atoms with Crippen LogP contribution in [0.1, 0.15) is 18.5 Å². The van der Waals surface area contributed by atoms with Gasteiger partial charge in [-0.3, -0.25) is 19.7 Å². The van der Waals surface area contributed by atoms with E-state index < -0.39 is 18.6 Å². The normalized spacial score (nSPS) is 16.1. The molecule has 0 spiro atoms. The van der Waals surface area contributed by atoms with E-state index in [9.17, 15) is 18.0 Å². The summed E-state index contributed by atoms with van der Waals surface area (Å²) in [7, 11) is 2.69. The molecule has 29 heavy (non-hydrogen) atoms. The number of piperidine rings is 1. The molecule has 1 aliphatic rings. The van der Waals surface area contributed by atoms with Crippen LogP contribution in [0.4, 0.5) is 13.2 Å². The lowest BCUT2D eigenvalue weighted by atomic mass is 10.0. The topological polar surface area (TPSA) is 72.9 Å². The van der Waals surface area contributed by atoms with Crippen molar-refractivity contribution in [3.8, 4) is 0 Å². The Labute approximate surface area is 186 Å². The van der Waals surface area contributed by atoms with Crippen molar-refractivity contribution < 1.29 is 18.0 Å². The number of alkyl halides is 3. The smallest absolute Gasteiger partial charge is 0.354 e. The molecule has 1 aromatic heterocycles. The van der Waals surface area contributed by atoms with Crippen LogP contribution in [-0.4, -0.2) is 79.1 Å². The van der Waals surface area contributed by atoms with Crippen LogP contribution >= 0.6 is 24.0 Å². The molecule has 2 rings (SSSR count). The number of pyridine rings is 1. The Bertz CT molecular complexity index is 651. The van der Waals surface area contributed by atoms with Crippen LogP contribution in [0.2, 0.25) is 0 Å². The molecule has 0 aromatic carbocycles. The summed E-state index contributed by atoms with van der Waals surface area (Å²) in [4.78, 5) is 23.2. The van der Waals surface area contributed by atoms with E-state index in [2.05, 4.69) is 25.5 Å². The van der Waals surface area contributed by atoms with Crippen LogP contribution in [0.15, 0.2) is 29.4 Å². The second kappa shape index (κ2) is 12.2. The number of halogens is 4. The van der Waals surface area contributed by atoms with Crippen molar-refractivity contribution in [2.75, 3.05) is 40.3 Å². The van der Waals surface area contributed by atoms with Crippen molar-refractivity contribution in [2.24, 2.45) is 4.99 Å². The summed E-state index contributed by atoms with van der Waals surface area (Å²) < 4.78 is 37.1. The third kappa shape index (κ3) is 9.61. The highest BCUT2D eigenvalue weighted by atomic mass is 127. The fourth-order valence-corrected chi connectivity index (χ4v) is 3.00. The van der Waals surface area contributed by atoms with Crippen LogP contribution in [0, 0.1) is 0 Å². The molecule has 0 aliphatic carbocycles. The molecule has 1 aliphatic heterocycles. The number of rotatable bonds is 6. The Morgan fingerprint density at radius 1 is 1.34 bits per heavy atom. The SMILES string of the molecule is CN=C(NCC(=O)N(C)CC(F)(F)F)NC1CCN(Cc2ccccn2)CC1.I. The molecule has 164 valence electrons. The Balaban J connectivity index is 0.00000420. The highest BCUT2D eigenvalue weighted by molar-refractivity contribution is 14.0.